The van der Waals surface area contributed by atoms with E-state index in [4.69, 9.17) is 14.2 Å². The van der Waals surface area contributed by atoms with Crippen LogP contribution in [0.25, 0.3) is 6.08 Å². The number of nitrogens with zero attached hydrogens (tertiary/aromatic N) is 1. The molecule has 0 saturated heterocycles. The van der Waals surface area contributed by atoms with Crippen molar-refractivity contribution in [2.75, 3.05) is 21.0 Å². The summed E-state index contributed by atoms with van der Waals surface area (Å²) in [5.74, 6) is 4.50. The van der Waals surface area contributed by atoms with Gasteiger partial charge in [0.2, 0.25) is 18.4 Å². The van der Waals surface area contributed by atoms with Crippen molar-refractivity contribution in [3.8, 4) is 17.2 Å². The van der Waals surface area contributed by atoms with Gasteiger partial charge in [-0.25, -0.2) is 0 Å². The molecule has 5 nitrogen and oxygen atoms in total. The predicted octanol–water partition coefficient (Wildman–Crippen LogP) is 5.45. The molecule has 3 aliphatic carbocycles. The quantitative estimate of drug-likeness (QED) is 0.603. The van der Waals surface area contributed by atoms with Crippen LogP contribution in [-0.4, -0.2) is 37.8 Å². The Morgan fingerprint density at radius 1 is 1.15 bits per heavy atom. The van der Waals surface area contributed by atoms with E-state index in [0.717, 1.165) is 29.4 Å². The van der Waals surface area contributed by atoms with Gasteiger partial charge in [0, 0.05) is 18.5 Å². The summed E-state index contributed by atoms with van der Waals surface area (Å²) in [6.07, 6.45) is 13.7. The van der Waals surface area contributed by atoms with Crippen molar-refractivity contribution in [1.82, 2.24) is 4.90 Å². The van der Waals surface area contributed by atoms with E-state index in [9.17, 15) is 4.79 Å². The highest BCUT2D eigenvalue weighted by Gasteiger charge is 2.58. The summed E-state index contributed by atoms with van der Waals surface area (Å²) in [6, 6.07) is 4.49. The standard InChI is InChI=1S/C28H35NO4/c1-27-9-7-20-19(5-6-24-28(20,2)10-8-25(30)29(24)3)21(27)12-18(15-27)11-17-13-22(31-4)26-23(14-17)32-16-33-26/h8,10-11,13-14,19-21,24H,5-7,9,12,15-16H2,1-4H3/b18-11-/t19-,20+,21+,24-,27-,28-/m1/s1. The molecule has 0 unspecified atom stereocenters. The van der Waals surface area contributed by atoms with Crippen molar-refractivity contribution in [2.45, 2.75) is 58.4 Å². The second kappa shape index (κ2) is 7.28. The molecule has 33 heavy (non-hydrogen) atoms. The van der Waals surface area contributed by atoms with Crippen molar-refractivity contribution in [2.24, 2.45) is 28.6 Å². The smallest absolute Gasteiger partial charge is 0.246 e. The molecule has 0 radical (unpaired) electrons. The molecule has 6 rings (SSSR count). The summed E-state index contributed by atoms with van der Waals surface area (Å²) in [5.41, 5.74) is 3.15. The molecule has 176 valence electrons. The highest BCUT2D eigenvalue weighted by molar-refractivity contribution is 5.89. The predicted molar refractivity (Wildman–Crippen MR) is 127 cm³/mol. The van der Waals surface area contributed by atoms with Gasteiger partial charge in [0.05, 0.1) is 7.11 Å². The van der Waals surface area contributed by atoms with Gasteiger partial charge in [0.15, 0.2) is 11.5 Å². The van der Waals surface area contributed by atoms with E-state index >= 15 is 0 Å². The minimum Gasteiger partial charge on any atom is -0.493 e. The molecule has 2 aliphatic heterocycles. The van der Waals surface area contributed by atoms with Crippen molar-refractivity contribution in [3.63, 3.8) is 0 Å². The average Bonchev–Trinajstić information content (AvgIpc) is 3.39. The fourth-order valence-electron chi connectivity index (χ4n) is 8.20. The Balaban J connectivity index is 1.29. The molecule has 0 bridgehead atoms. The Kier molecular flexibility index (Phi) is 4.66. The Morgan fingerprint density at radius 2 is 2.00 bits per heavy atom. The maximum atomic E-state index is 12.3. The molecule has 1 amide bonds. The largest absolute Gasteiger partial charge is 0.493 e. The lowest BCUT2D eigenvalue weighted by molar-refractivity contribution is -0.138. The third-order valence-corrected chi connectivity index (χ3v) is 9.81. The molecule has 1 aromatic carbocycles. The second-order valence-electron chi connectivity index (χ2n) is 11.5. The summed E-state index contributed by atoms with van der Waals surface area (Å²) in [5, 5.41) is 0. The number of amides is 1. The molecule has 1 aromatic rings. The van der Waals surface area contributed by atoms with Gasteiger partial charge in [0.25, 0.3) is 0 Å². The van der Waals surface area contributed by atoms with Crippen LogP contribution in [0.4, 0.5) is 0 Å². The topological polar surface area (TPSA) is 48.0 Å². The monoisotopic (exact) mass is 449 g/mol. The second-order valence-corrected chi connectivity index (χ2v) is 11.5. The number of methoxy groups -OCH3 is 1. The molecular weight excluding hydrogens is 414 g/mol. The highest BCUT2D eigenvalue weighted by atomic mass is 16.7. The lowest BCUT2D eigenvalue weighted by Gasteiger charge is -2.59. The fraction of sp³-hybridized carbons (Fsp3) is 0.607. The maximum Gasteiger partial charge on any atom is 0.246 e. The van der Waals surface area contributed by atoms with Gasteiger partial charge in [-0.15, -0.1) is 0 Å². The third-order valence-electron chi connectivity index (χ3n) is 9.81. The van der Waals surface area contributed by atoms with E-state index in [1.54, 1.807) is 12.7 Å². The van der Waals surface area contributed by atoms with Crippen LogP contribution in [0.1, 0.15) is 57.9 Å². The first-order valence-electron chi connectivity index (χ1n) is 12.5. The van der Waals surface area contributed by atoms with Gasteiger partial charge in [0.1, 0.15) is 0 Å². The molecule has 3 saturated carbocycles. The minimum absolute atomic E-state index is 0.101. The number of likely N-dealkylation sites (N-methyl/N-ethyl adjacent to an activating group) is 1. The van der Waals surface area contributed by atoms with Crippen molar-refractivity contribution in [3.05, 3.63) is 35.4 Å². The number of hydrogen-bond donors (Lipinski definition) is 0. The summed E-state index contributed by atoms with van der Waals surface area (Å²) in [6.45, 7) is 5.20. The van der Waals surface area contributed by atoms with Gasteiger partial charge in [-0.05, 0) is 85.5 Å². The van der Waals surface area contributed by atoms with Gasteiger partial charge in [-0.3, -0.25) is 4.79 Å². The van der Waals surface area contributed by atoms with Gasteiger partial charge in [-0.2, -0.15) is 0 Å². The van der Waals surface area contributed by atoms with Crippen molar-refractivity contribution in [1.29, 1.82) is 0 Å². The molecule has 0 N–H and O–H groups in total. The number of fused-ring (bicyclic) bond motifs is 6. The van der Waals surface area contributed by atoms with Crippen molar-refractivity contribution >= 4 is 12.0 Å². The summed E-state index contributed by atoms with van der Waals surface area (Å²) < 4.78 is 16.8. The summed E-state index contributed by atoms with van der Waals surface area (Å²) in [4.78, 5) is 14.3. The van der Waals surface area contributed by atoms with E-state index in [2.05, 4.69) is 38.1 Å². The minimum atomic E-state index is 0.101. The van der Waals surface area contributed by atoms with E-state index in [1.807, 2.05) is 18.0 Å². The Hall–Kier alpha value is -2.43. The van der Waals surface area contributed by atoms with Crippen LogP contribution in [0.15, 0.2) is 29.9 Å². The van der Waals surface area contributed by atoms with Crippen LogP contribution in [0.3, 0.4) is 0 Å². The van der Waals surface area contributed by atoms with E-state index in [1.165, 1.54) is 32.1 Å². The third kappa shape index (κ3) is 3.07. The number of hydrogen-bond acceptors (Lipinski definition) is 4. The molecule has 3 fully saturated rings. The van der Waals surface area contributed by atoms with Crippen LogP contribution in [0.5, 0.6) is 17.2 Å². The van der Waals surface area contributed by atoms with E-state index in [-0.39, 0.29) is 18.1 Å². The number of rotatable bonds is 2. The lowest BCUT2D eigenvalue weighted by Crippen LogP contribution is -2.59. The zero-order valence-corrected chi connectivity index (χ0v) is 20.2. The number of allylic oxidation sites excluding steroid dienone is 1. The zero-order chi connectivity index (χ0) is 23.0. The number of ether oxygens (including phenoxy) is 3. The highest BCUT2D eigenvalue weighted by Crippen LogP contribution is 2.65. The number of benzene rings is 1. The zero-order valence-electron chi connectivity index (χ0n) is 20.2. The lowest BCUT2D eigenvalue weighted by atomic mass is 9.48. The molecule has 0 spiro atoms. The van der Waals surface area contributed by atoms with Gasteiger partial charge >= 0.3 is 0 Å². The Morgan fingerprint density at radius 3 is 2.82 bits per heavy atom. The number of carbonyl (C=O) groups excluding carboxylic acids is 1. The van der Waals surface area contributed by atoms with Crippen LogP contribution >= 0.6 is 0 Å². The molecule has 2 heterocycles. The summed E-state index contributed by atoms with van der Waals surface area (Å²) in [7, 11) is 3.68. The van der Waals surface area contributed by atoms with Crippen LogP contribution in [-0.2, 0) is 4.79 Å². The van der Waals surface area contributed by atoms with Gasteiger partial charge < -0.3 is 19.1 Å². The van der Waals surface area contributed by atoms with Crippen molar-refractivity contribution < 1.29 is 19.0 Å². The molecular formula is C28H35NO4. The molecule has 6 atom stereocenters. The van der Waals surface area contributed by atoms with Crippen LogP contribution < -0.4 is 14.2 Å². The average molecular weight is 450 g/mol. The first kappa shape index (κ1) is 21.1. The first-order chi connectivity index (χ1) is 15.8. The fourth-order valence-corrected chi connectivity index (χ4v) is 8.20. The van der Waals surface area contributed by atoms with Crippen LogP contribution in [0.2, 0.25) is 0 Å². The van der Waals surface area contributed by atoms with Crippen LogP contribution in [0, 0.1) is 28.6 Å². The SMILES string of the molecule is COc1cc(/C=C2/C[C@H]3[C@@H]4CC[C@H]5N(C)C(=O)C=C[C@]5(C)[C@H]4CC[C@]3(C)C2)cc2c1OCO2. The molecule has 0 aromatic heterocycles. The summed E-state index contributed by atoms with van der Waals surface area (Å²) >= 11 is 0. The van der Waals surface area contributed by atoms with E-state index < -0.39 is 0 Å². The maximum absolute atomic E-state index is 12.3. The molecule has 5 heteroatoms. The number of carbonyl (C=O) groups is 1. The van der Waals surface area contributed by atoms with Gasteiger partial charge in [-0.1, -0.05) is 31.6 Å². The Labute approximate surface area is 196 Å². The first-order valence-corrected chi connectivity index (χ1v) is 12.5. The Bertz CT molecular complexity index is 1060. The normalized spacial score (nSPS) is 39.9. The van der Waals surface area contributed by atoms with E-state index in [0.29, 0.717) is 29.0 Å². The molecule has 5 aliphatic rings.